The highest BCUT2D eigenvalue weighted by atomic mass is 32.1. The molecule has 0 radical (unpaired) electrons. The molecule has 2 heterocycles. The molecule has 7 nitrogen and oxygen atoms in total. The molecule has 0 saturated heterocycles. The maximum atomic E-state index is 12.0. The van der Waals surface area contributed by atoms with Gasteiger partial charge in [0.15, 0.2) is 0 Å². The Morgan fingerprint density at radius 2 is 2.33 bits per heavy atom. The van der Waals surface area contributed by atoms with Gasteiger partial charge in [-0.1, -0.05) is 0 Å². The Morgan fingerprint density at radius 3 is 3.12 bits per heavy atom. The molecule has 0 aliphatic heterocycles. The largest absolute Gasteiger partial charge is 0.383 e. The van der Waals surface area contributed by atoms with Crippen LogP contribution in [0, 0.1) is 6.92 Å². The van der Waals surface area contributed by atoms with Crippen LogP contribution in [0.1, 0.15) is 40.0 Å². The van der Waals surface area contributed by atoms with Crippen LogP contribution in [0.2, 0.25) is 0 Å². The smallest absolute Gasteiger partial charge is 0.328 e. The maximum Gasteiger partial charge on any atom is 0.328 e. The molecule has 1 aliphatic carbocycles. The van der Waals surface area contributed by atoms with Gasteiger partial charge in [0, 0.05) is 36.3 Å². The van der Waals surface area contributed by atoms with E-state index in [9.17, 15) is 9.59 Å². The zero-order valence-electron chi connectivity index (χ0n) is 13.9. The summed E-state index contributed by atoms with van der Waals surface area (Å²) in [6.45, 7) is 3.28. The van der Waals surface area contributed by atoms with Crippen LogP contribution in [0.25, 0.3) is 0 Å². The van der Waals surface area contributed by atoms with Gasteiger partial charge < -0.3 is 10.1 Å². The third-order valence-electron chi connectivity index (χ3n) is 4.22. The number of aromatic nitrogens is 3. The lowest BCUT2D eigenvalue weighted by Gasteiger charge is -2.22. The van der Waals surface area contributed by atoms with Crippen molar-refractivity contribution in [3.8, 4) is 0 Å². The van der Waals surface area contributed by atoms with Crippen LogP contribution in [0.15, 0.2) is 15.8 Å². The van der Waals surface area contributed by atoms with Crippen molar-refractivity contribution in [2.24, 2.45) is 0 Å². The van der Waals surface area contributed by atoms with E-state index in [1.54, 1.807) is 24.6 Å². The number of methoxy groups -OCH3 is 1. The molecular weight excluding hydrogens is 328 g/mol. The number of nitrogens with zero attached hydrogens (tertiary/aromatic N) is 2. The van der Waals surface area contributed by atoms with Crippen LogP contribution >= 0.6 is 11.3 Å². The molecule has 2 N–H and O–H groups in total. The molecule has 0 aromatic carbocycles. The normalized spacial score (nSPS) is 17.0. The van der Waals surface area contributed by atoms with E-state index in [2.05, 4.69) is 15.3 Å². The average Bonchev–Trinajstić information content (AvgIpc) is 2.94. The van der Waals surface area contributed by atoms with Crippen LogP contribution < -0.4 is 16.6 Å². The maximum absolute atomic E-state index is 12.0. The van der Waals surface area contributed by atoms with Crippen molar-refractivity contribution in [2.45, 2.75) is 45.3 Å². The summed E-state index contributed by atoms with van der Waals surface area (Å²) in [5.74, 6) is 0. The highest BCUT2D eigenvalue weighted by molar-refractivity contribution is 7.11. The fourth-order valence-electron chi connectivity index (χ4n) is 3.01. The van der Waals surface area contributed by atoms with Crippen LogP contribution in [0.4, 0.5) is 0 Å². The summed E-state index contributed by atoms with van der Waals surface area (Å²) in [4.78, 5) is 32.1. The molecular formula is C16H22N4O3S. The van der Waals surface area contributed by atoms with Gasteiger partial charge in [0.2, 0.25) is 0 Å². The predicted octanol–water partition coefficient (Wildman–Crippen LogP) is 1.12. The van der Waals surface area contributed by atoms with Crippen molar-refractivity contribution >= 4 is 11.3 Å². The van der Waals surface area contributed by atoms with Crippen molar-refractivity contribution in [3.05, 3.63) is 48.2 Å². The van der Waals surface area contributed by atoms with Crippen molar-refractivity contribution in [1.82, 2.24) is 19.9 Å². The third kappa shape index (κ3) is 3.66. The second kappa shape index (κ2) is 7.42. The summed E-state index contributed by atoms with van der Waals surface area (Å²) < 4.78 is 6.47. The van der Waals surface area contributed by atoms with E-state index in [4.69, 9.17) is 4.74 Å². The first-order valence-electron chi connectivity index (χ1n) is 8.09. The zero-order valence-corrected chi connectivity index (χ0v) is 14.7. The van der Waals surface area contributed by atoms with Gasteiger partial charge in [-0.3, -0.25) is 14.3 Å². The summed E-state index contributed by atoms with van der Waals surface area (Å²) in [5, 5.41) is 4.54. The van der Waals surface area contributed by atoms with Gasteiger partial charge in [0.1, 0.15) is 0 Å². The van der Waals surface area contributed by atoms with Gasteiger partial charge in [-0.15, -0.1) is 11.3 Å². The highest BCUT2D eigenvalue weighted by Crippen LogP contribution is 2.33. The number of H-pyrrole nitrogens is 1. The first-order valence-corrected chi connectivity index (χ1v) is 8.91. The molecule has 8 heteroatoms. The lowest BCUT2D eigenvalue weighted by atomic mass is 9.98. The minimum absolute atomic E-state index is 0.221. The Balaban J connectivity index is 1.75. The average molecular weight is 350 g/mol. The number of thiazole rings is 1. The van der Waals surface area contributed by atoms with Crippen LogP contribution in [-0.4, -0.2) is 28.3 Å². The van der Waals surface area contributed by atoms with E-state index in [-0.39, 0.29) is 11.6 Å². The van der Waals surface area contributed by atoms with Crippen molar-refractivity contribution in [2.75, 3.05) is 13.7 Å². The molecule has 3 rings (SSSR count). The Kier molecular flexibility index (Phi) is 5.27. The summed E-state index contributed by atoms with van der Waals surface area (Å²) in [6, 6.07) is 0.221. The zero-order chi connectivity index (χ0) is 17.1. The van der Waals surface area contributed by atoms with E-state index in [1.165, 1.54) is 15.1 Å². The summed E-state index contributed by atoms with van der Waals surface area (Å²) in [7, 11) is 1.58. The van der Waals surface area contributed by atoms with Gasteiger partial charge in [0.05, 0.1) is 23.9 Å². The molecule has 2 aromatic rings. The first-order chi connectivity index (χ1) is 11.6. The molecule has 1 aliphatic rings. The second-order valence-corrected chi connectivity index (χ2v) is 7.20. The van der Waals surface area contributed by atoms with E-state index in [0.29, 0.717) is 25.3 Å². The molecule has 0 bridgehead atoms. The minimum Gasteiger partial charge on any atom is -0.383 e. The molecule has 1 unspecified atom stereocenters. The molecule has 130 valence electrons. The molecule has 0 amide bonds. The van der Waals surface area contributed by atoms with Gasteiger partial charge in [-0.25, -0.2) is 9.78 Å². The standard InChI is InChI=1S/C16H22N4O3S/c1-10-18-13-5-3-4-12(14(13)24-10)17-8-11-9-20(6-7-23-2)16(22)19-15(11)21/h9,12,17H,3-8H2,1-2H3,(H,19,21,22). The molecule has 0 spiro atoms. The molecule has 1 atom stereocenters. The number of aryl methyl sites for hydroxylation is 2. The number of hydrogen-bond acceptors (Lipinski definition) is 6. The fourth-order valence-corrected chi connectivity index (χ4v) is 4.09. The number of hydrogen-bond donors (Lipinski definition) is 2. The third-order valence-corrected chi connectivity index (χ3v) is 5.34. The summed E-state index contributed by atoms with van der Waals surface area (Å²) in [6.07, 6.45) is 4.78. The second-order valence-electron chi connectivity index (χ2n) is 5.97. The van der Waals surface area contributed by atoms with Crippen LogP contribution in [-0.2, 0) is 24.2 Å². The minimum atomic E-state index is -0.404. The quantitative estimate of drug-likeness (QED) is 0.815. The summed E-state index contributed by atoms with van der Waals surface area (Å²) in [5.41, 5.74) is 0.996. The van der Waals surface area contributed by atoms with E-state index in [1.807, 2.05) is 6.92 Å². The van der Waals surface area contributed by atoms with E-state index < -0.39 is 5.69 Å². The Hall–Kier alpha value is -1.77. The van der Waals surface area contributed by atoms with E-state index >= 15 is 0 Å². The monoisotopic (exact) mass is 350 g/mol. The van der Waals surface area contributed by atoms with Crippen molar-refractivity contribution < 1.29 is 4.74 Å². The van der Waals surface area contributed by atoms with Crippen LogP contribution in [0.5, 0.6) is 0 Å². The lowest BCUT2D eigenvalue weighted by molar-refractivity contribution is 0.185. The van der Waals surface area contributed by atoms with Crippen LogP contribution in [0.3, 0.4) is 0 Å². The lowest BCUT2D eigenvalue weighted by Crippen LogP contribution is -2.35. The van der Waals surface area contributed by atoms with E-state index in [0.717, 1.165) is 24.3 Å². The van der Waals surface area contributed by atoms with Gasteiger partial charge in [-0.05, 0) is 26.2 Å². The molecule has 2 aromatic heterocycles. The number of nitrogens with one attached hydrogen (secondary N) is 2. The number of rotatable bonds is 6. The number of ether oxygens (including phenoxy) is 1. The van der Waals surface area contributed by atoms with Crippen molar-refractivity contribution in [1.29, 1.82) is 0 Å². The van der Waals surface area contributed by atoms with Gasteiger partial charge in [0.25, 0.3) is 5.56 Å². The Morgan fingerprint density at radius 1 is 1.50 bits per heavy atom. The first kappa shape index (κ1) is 17.1. The van der Waals surface area contributed by atoms with Crippen molar-refractivity contribution in [3.63, 3.8) is 0 Å². The Labute approximate surface area is 143 Å². The van der Waals surface area contributed by atoms with Gasteiger partial charge in [-0.2, -0.15) is 0 Å². The number of fused-ring (bicyclic) bond motifs is 1. The molecule has 0 saturated carbocycles. The predicted molar refractivity (Wildman–Crippen MR) is 92.6 cm³/mol. The highest BCUT2D eigenvalue weighted by Gasteiger charge is 2.23. The molecule has 24 heavy (non-hydrogen) atoms. The number of aromatic amines is 1. The fraction of sp³-hybridized carbons (Fsp3) is 0.562. The topological polar surface area (TPSA) is 89.0 Å². The Bertz CT molecular complexity index is 823. The molecule has 0 fully saturated rings. The summed E-state index contributed by atoms with van der Waals surface area (Å²) >= 11 is 1.72. The van der Waals surface area contributed by atoms with Gasteiger partial charge >= 0.3 is 5.69 Å². The SMILES string of the molecule is COCCn1cc(CNC2CCCc3nc(C)sc32)c(=O)[nH]c1=O.